The van der Waals surface area contributed by atoms with Gasteiger partial charge in [0.1, 0.15) is 12.3 Å². The molecular formula is C21H25N3O5. The number of carbonyl (C=O) groups is 4. The first-order valence-corrected chi connectivity index (χ1v) is 10.0. The van der Waals surface area contributed by atoms with Gasteiger partial charge in [-0.15, -0.1) is 0 Å². The van der Waals surface area contributed by atoms with E-state index in [9.17, 15) is 19.2 Å². The van der Waals surface area contributed by atoms with Crippen LogP contribution in [0.3, 0.4) is 0 Å². The molecule has 2 bridgehead atoms. The van der Waals surface area contributed by atoms with Gasteiger partial charge < -0.3 is 10.1 Å². The number of imide groups is 2. The zero-order valence-corrected chi connectivity index (χ0v) is 16.6. The summed E-state index contributed by atoms with van der Waals surface area (Å²) >= 11 is 0. The van der Waals surface area contributed by atoms with E-state index in [1.807, 2.05) is 6.92 Å². The first kappa shape index (κ1) is 19.4. The minimum absolute atomic E-state index is 0.236. The second-order valence-electron chi connectivity index (χ2n) is 8.21. The Labute approximate surface area is 169 Å². The summed E-state index contributed by atoms with van der Waals surface area (Å²) in [5.74, 6) is -0.346. The standard InChI is InChI=1S/C21H25N3O5/c1-12(17-9-13-6-7-14(17)8-13)24-20(27)19(26)23(21(24)28)11-18(25)22-15-4-3-5-16(10-15)29-2/h3-5,10,12-14,17H,6-9,11H2,1-2H3,(H,22,25)/t12-,13+,14+,17+/m1/s1. The summed E-state index contributed by atoms with van der Waals surface area (Å²) in [4.78, 5) is 51.9. The first-order valence-electron chi connectivity index (χ1n) is 10.0. The van der Waals surface area contributed by atoms with Crippen LogP contribution in [0.25, 0.3) is 0 Å². The fourth-order valence-corrected chi connectivity index (χ4v) is 5.14. The molecule has 0 unspecified atom stereocenters. The van der Waals surface area contributed by atoms with Crippen LogP contribution in [0.4, 0.5) is 10.5 Å². The van der Waals surface area contributed by atoms with E-state index in [0.29, 0.717) is 23.3 Å². The molecule has 8 nitrogen and oxygen atoms in total. The highest BCUT2D eigenvalue weighted by atomic mass is 16.5. The second kappa shape index (κ2) is 7.50. The van der Waals surface area contributed by atoms with Gasteiger partial charge in [0.05, 0.1) is 7.11 Å². The van der Waals surface area contributed by atoms with E-state index in [1.165, 1.54) is 13.5 Å². The van der Waals surface area contributed by atoms with E-state index in [0.717, 1.165) is 29.1 Å². The quantitative estimate of drug-likeness (QED) is 0.585. The molecule has 1 aromatic rings. The molecule has 0 radical (unpaired) electrons. The molecule has 8 heteroatoms. The molecule has 1 aliphatic heterocycles. The maximum absolute atomic E-state index is 12.8. The van der Waals surface area contributed by atoms with Crippen LogP contribution in [0, 0.1) is 17.8 Å². The third kappa shape index (κ3) is 3.47. The first-order chi connectivity index (χ1) is 13.9. The molecule has 3 aliphatic rings. The zero-order valence-electron chi connectivity index (χ0n) is 16.6. The van der Waals surface area contributed by atoms with Crippen LogP contribution in [-0.2, 0) is 14.4 Å². The smallest absolute Gasteiger partial charge is 0.334 e. The molecule has 3 fully saturated rings. The number of amides is 5. The number of ether oxygens (including phenoxy) is 1. The Morgan fingerprint density at radius 3 is 2.66 bits per heavy atom. The summed E-state index contributed by atoms with van der Waals surface area (Å²) in [7, 11) is 1.51. The van der Waals surface area contributed by atoms with Gasteiger partial charge in [0.2, 0.25) is 5.91 Å². The maximum atomic E-state index is 12.8. The summed E-state index contributed by atoms with van der Waals surface area (Å²) < 4.78 is 5.11. The molecule has 154 valence electrons. The lowest BCUT2D eigenvalue weighted by atomic mass is 9.83. The molecule has 0 aromatic heterocycles. The highest BCUT2D eigenvalue weighted by Gasteiger charge is 2.52. The average Bonchev–Trinajstić information content (AvgIpc) is 3.39. The van der Waals surface area contributed by atoms with Crippen LogP contribution in [-0.4, -0.2) is 53.2 Å². The van der Waals surface area contributed by atoms with Crippen molar-refractivity contribution in [3.8, 4) is 5.75 Å². The lowest BCUT2D eigenvalue weighted by molar-refractivity contribution is -0.144. The number of rotatable bonds is 6. The summed E-state index contributed by atoms with van der Waals surface area (Å²) in [6.07, 6.45) is 4.47. The van der Waals surface area contributed by atoms with Crippen molar-refractivity contribution in [1.29, 1.82) is 0 Å². The lowest BCUT2D eigenvalue weighted by Crippen LogP contribution is -2.45. The Kier molecular flexibility index (Phi) is 5.02. The number of nitrogens with one attached hydrogen (secondary N) is 1. The fourth-order valence-electron chi connectivity index (χ4n) is 5.14. The molecular weight excluding hydrogens is 374 g/mol. The molecule has 2 saturated carbocycles. The van der Waals surface area contributed by atoms with E-state index >= 15 is 0 Å². The molecule has 4 rings (SSSR count). The fraction of sp³-hybridized carbons (Fsp3) is 0.524. The van der Waals surface area contributed by atoms with E-state index in [4.69, 9.17) is 4.74 Å². The summed E-state index contributed by atoms with van der Waals surface area (Å²) in [6, 6.07) is 5.71. The Hall–Kier alpha value is -2.90. The van der Waals surface area contributed by atoms with Crippen molar-refractivity contribution in [2.75, 3.05) is 19.0 Å². The molecule has 2 aliphatic carbocycles. The molecule has 5 amide bonds. The SMILES string of the molecule is COc1cccc(NC(=O)CN2C(=O)C(=O)N([C@H](C)[C@@H]3C[C@H]4CC[C@H]3C4)C2=O)c1. The minimum atomic E-state index is -0.939. The second-order valence-corrected chi connectivity index (χ2v) is 8.21. The monoisotopic (exact) mass is 399 g/mol. The third-order valence-electron chi connectivity index (χ3n) is 6.56. The Bertz CT molecular complexity index is 870. The number of carbonyl (C=O) groups excluding carboxylic acids is 4. The van der Waals surface area contributed by atoms with Crippen LogP contribution in [0.2, 0.25) is 0 Å². The van der Waals surface area contributed by atoms with Crippen molar-refractivity contribution >= 4 is 29.4 Å². The number of benzene rings is 1. The number of methoxy groups -OCH3 is 1. The molecule has 29 heavy (non-hydrogen) atoms. The molecule has 1 aromatic carbocycles. The normalized spacial score (nSPS) is 27.0. The highest BCUT2D eigenvalue weighted by Crippen LogP contribution is 2.50. The van der Waals surface area contributed by atoms with E-state index < -0.39 is 30.3 Å². The van der Waals surface area contributed by atoms with Crippen LogP contribution in [0.5, 0.6) is 5.75 Å². The van der Waals surface area contributed by atoms with Gasteiger partial charge in [-0.05, 0) is 56.1 Å². The third-order valence-corrected chi connectivity index (χ3v) is 6.56. The zero-order chi connectivity index (χ0) is 20.7. The molecule has 1 saturated heterocycles. The van der Waals surface area contributed by atoms with Gasteiger partial charge in [0.15, 0.2) is 0 Å². The van der Waals surface area contributed by atoms with Gasteiger partial charge in [0.25, 0.3) is 0 Å². The maximum Gasteiger partial charge on any atom is 0.334 e. The van der Waals surface area contributed by atoms with Crippen molar-refractivity contribution in [2.24, 2.45) is 17.8 Å². The van der Waals surface area contributed by atoms with Gasteiger partial charge in [-0.25, -0.2) is 9.69 Å². The van der Waals surface area contributed by atoms with Crippen molar-refractivity contribution < 1.29 is 23.9 Å². The summed E-state index contributed by atoms with van der Waals surface area (Å²) in [6.45, 7) is 1.34. The number of urea groups is 1. The summed E-state index contributed by atoms with van der Waals surface area (Å²) in [5.41, 5.74) is 0.479. The van der Waals surface area contributed by atoms with Gasteiger partial charge in [-0.2, -0.15) is 0 Å². The van der Waals surface area contributed by atoms with Crippen molar-refractivity contribution in [2.45, 2.75) is 38.6 Å². The van der Waals surface area contributed by atoms with E-state index in [-0.39, 0.29) is 12.0 Å². The van der Waals surface area contributed by atoms with E-state index in [1.54, 1.807) is 24.3 Å². The van der Waals surface area contributed by atoms with Crippen molar-refractivity contribution in [3.05, 3.63) is 24.3 Å². The van der Waals surface area contributed by atoms with Crippen LogP contribution < -0.4 is 10.1 Å². The number of hydrogen-bond acceptors (Lipinski definition) is 5. The predicted molar refractivity (Wildman–Crippen MR) is 104 cm³/mol. The largest absolute Gasteiger partial charge is 0.497 e. The Morgan fingerprint density at radius 2 is 2.00 bits per heavy atom. The van der Waals surface area contributed by atoms with Crippen LogP contribution in [0.15, 0.2) is 24.3 Å². The van der Waals surface area contributed by atoms with Gasteiger partial charge >= 0.3 is 17.8 Å². The topological polar surface area (TPSA) is 96.0 Å². The van der Waals surface area contributed by atoms with Crippen LogP contribution >= 0.6 is 0 Å². The Morgan fingerprint density at radius 1 is 1.21 bits per heavy atom. The lowest BCUT2D eigenvalue weighted by Gasteiger charge is -2.32. The van der Waals surface area contributed by atoms with Gasteiger partial charge in [0, 0.05) is 17.8 Å². The molecule has 1 heterocycles. The van der Waals surface area contributed by atoms with Crippen molar-refractivity contribution in [3.63, 3.8) is 0 Å². The van der Waals surface area contributed by atoms with Crippen molar-refractivity contribution in [1.82, 2.24) is 9.80 Å². The minimum Gasteiger partial charge on any atom is -0.497 e. The number of hydrogen-bond donors (Lipinski definition) is 1. The van der Waals surface area contributed by atoms with E-state index in [2.05, 4.69) is 5.32 Å². The van der Waals surface area contributed by atoms with Gasteiger partial charge in [-0.3, -0.25) is 19.3 Å². The molecule has 0 spiro atoms. The Balaban J connectivity index is 1.43. The highest BCUT2D eigenvalue weighted by molar-refractivity contribution is 6.45. The average molecular weight is 399 g/mol. The number of nitrogens with zero attached hydrogens (tertiary/aromatic N) is 2. The summed E-state index contributed by atoms with van der Waals surface area (Å²) in [5, 5.41) is 2.63. The number of fused-ring (bicyclic) bond motifs is 2. The predicted octanol–water partition coefficient (Wildman–Crippen LogP) is 2.25. The van der Waals surface area contributed by atoms with Gasteiger partial charge in [-0.1, -0.05) is 12.5 Å². The molecule has 1 N–H and O–H groups in total. The number of anilines is 1. The molecule has 4 atom stereocenters. The van der Waals surface area contributed by atoms with Crippen LogP contribution in [0.1, 0.15) is 32.6 Å².